The zero-order valence-electron chi connectivity index (χ0n) is 34.9. The minimum atomic E-state index is -1.37. The molecular formula is C42H63N7O10. The Morgan fingerprint density at radius 1 is 0.729 bits per heavy atom. The summed E-state index contributed by atoms with van der Waals surface area (Å²) in [5.74, 6) is -4.54. The average Bonchev–Trinajstić information content (AvgIpc) is 3.14. The summed E-state index contributed by atoms with van der Waals surface area (Å²) >= 11 is 0. The van der Waals surface area contributed by atoms with Crippen LogP contribution in [0, 0.1) is 0 Å². The number of ether oxygens (including phenoxy) is 1. The van der Waals surface area contributed by atoms with Crippen molar-refractivity contribution in [2.24, 2.45) is 5.73 Å². The van der Waals surface area contributed by atoms with Crippen LogP contribution in [0.4, 0.5) is 10.5 Å². The van der Waals surface area contributed by atoms with Gasteiger partial charge in [0, 0.05) is 51.0 Å². The third kappa shape index (κ3) is 21.1. The van der Waals surface area contributed by atoms with Crippen molar-refractivity contribution in [1.82, 2.24) is 26.6 Å². The molecule has 0 saturated heterocycles. The molecule has 2 aromatic carbocycles. The Morgan fingerprint density at radius 3 is 1.93 bits per heavy atom. The van der Waals surface area contributed by atoms with Gasteiger partial charge in [-0.2, -0.15) is 0 Å². The number of carbonyl (C=O) groups is 7. The molecule has 0 saturated carbocycles. The minimum absolute atomic E-state index is 0.0199. The third-order valence-corrected chi connectivity index (χ3v) is 8.93. The topological polar surface area (TPSA) is 267 Å². The van der Waals surface area contributed by atoms with E-state index in [-0.39, 0.29) is 57.0 Å². The van der Waals surface area contributed by atoms with Gasteiger partial charge in [-0.1, -0.05) is 62.6 Å². The zero-order valence-corrected chi connectivity index (χ0v) is 34.9. The summed E-state index contributed by atoms with van der Waals surface area (Å²) in [6, 6.07) is 10.8. The summed E-state index contributed by atoms with van der Waals surface area (Å²) in [7, 11) is 0. The molecule has 0 aliphatic heterocycles. The number of hydrogen-bond acceptors (Lipinski definition) is 10. The molecule has 326 valence electrons. The highest BCUT2D eigenvalue weighted by molar-refractivity contribution is 5.92. The molecule has 0 aromatic heterocycles. The molecule has 0 aliphatic rings. The Balaban J connectivity index is 2.27. The van der Waals surface area contributed by atoms with Gasteiger partial charge in [-0.05, 0) is 81.8 Å². The fourth-order valence-corrected chi connectivity index (χ4v) is 5.90. The Morgan fingerprint density at radius 2 is 1.36 bits per heavy atom. The number of hydrogen-bond donors (Lipinski definition) is 9. The number of amides is 5. The van der Waals surface area contributed by atoms with Crippen molar-refractivity contribution in [3.05, 3.63) is 54.1 Å². The molecule has 4 atom stereocenters. The highest BCUT2D eigenvalue weighted by Gasteiger charge is 2.29. The van der Waals surface area contributed by atoms with Gasteiger partial charge in [0.2, 0.25) is 23.6 Å². The number of rotatable bonds is 26. The lowest BCUT2D eigenvalue weighted by molar-refractivity contribution is -0.142. The molecule has 0 radical (unpaired) electrons. The van der Waals surface area contributed by atoms with Crippen LogP contribution in [0.5, 0.6) is 0 Å². The van der Waals surface area contributed by atoms with E-state index in [1.54, 1.807) is 45.0 Å². The van der Waals surface area contributed by atoms with Crippen molar-refractivity contribution in [2.75, 3.05) is 25.0 Å². The number of carbonyl (C=O) groups excluding carboxylic acids is 5. The molecule has 0 bridgehead atoms. The van der Waals surface area contributed by atoms with E-state index in [2.05, 4.69) is 38.8 Å². The summed E-state index contributed by atoms with van der Waals surface area (Å²) in [5.41, 5.74) is 8.46. The first-order valence-electron chi connectivity index (χ1n) is 20.1. The largest absolute Gasteiger partial charge is 0.481 e. The number of benzene rings is 2. The van der Waals surface area contributed by atoms with E-state index in [1.165, 1.54) is 6.92 Å². The van der Waals surface area contributed by atoms with Crippen molar-refractivity contribution in [1.29, 1.82) is 0 Å². The SMILES string of the molecule is CCCCC[C@H](N)CNCC[C@H](NC(=O)OC(C)(C)C)C(=O)N[C@H](Cc1ccc(-c2ccc(NC(C)=O)cc2)cc1)C(=O)NCC[C@@H](NC(=O)CCCC(=O)O)C(=O)O. The fourth-order valence-electron chi connectivity index (χ4n) is 5.90. The molecule has 0 unspecified atom stereocenters. The van der Waals surface area contributed by atoms with Crippen LogP contribution in [0.15, 0.2) is 48.5 Å². The van der Waals surface area contributed by atoms with Crippen LogP contribution in [0.25, 0.3) is 11.1 Å². The maximum absolute atomic E-state index is 13.9. The van der Waals surface area contributed by atoms with Gasteiger partial charge in [0.15, 0.2) is 0 Å². The molecular weight excluding hydrogens is 763 g/mol. The quantitative estimate of drug-likeness (QED) is 0.0618. The van der Waals surface area contributed by atoms with E-state index in [9.17, 15) is 38.7 Å². The normalized spacial score (nSPS) is 13.2. The van der Waals surface area contributed by atoms with Crippen LogP contribution in [0.1, 0.15) is 98.0 Å². The van der Waals surface area contributed by atoms with Crippen molar-refractivity contribution < 1.29 is 48.5 Å². The van der Waals surface area contributed by atoms with Crippen molar-refractivity contribution in [3.63, 3.8) is 0 Å². The molecule has 0 heterocycles. The van der Waals surface area contributed by atoms with Crippen LogP contribution in [0.2, 0.25) is 0 Å². The molecule has 5 amide bonds. The summed E-state index contributed by atoms with van der Waals surface area (Å²) < 4.78 is 5.42. The fraction of sp³-hybridized carbons (Fsp3) is 0.548. The number of carboxylic acids is 2. The first-order valence-corrected chi connectivity index (χ1v) is 20.1. The second-order valence-corrected chi connectivity index (χ2v) is 15.5. The first-order chi connectivity index (χ1) is 27.9. The maximum Gasteiger partial charge on any atom is 0.408 e. The zero-order chi connectivity index (χ0) is 44.0. The van der Waals surface area contributed by atoms with E-state index in [0.717, 1.165) is 36.8 Å². The molecule has 2 aromatic rings. The summed E-state index contributed by atoms with van der Waals surface area (Å²) in [5, 5.41) is 34.9. The van der Waals surface area contributed by atoms with Crippen LogP contribution in [0.3, 0.4) is 0 Å². The average molecular weight is 826 g/mol. The van der Waals surface area contributed by atoms with Gasteiger partial charge in [-0.15, -0.1) is 0 Å². The predicted molar refractivity (Wildman–Crippen MR) is 223 cm³/mol. The maximum atomic E-state index is 13.9. The van der Waals surface area contributed by atoms with E-state index in [0.29, 0.717) is 24.3 Å². The molecule has 0 aliphatic carbocycles. The number of anilines is 1. The summed E-state index contributed by atoms with van der Waals surface area (Å²) in [6.45, 7) is 9.24. The number of alkyl carbamates (subject to hydrolysis) is 1. The summed E-state index contributed by atoms with van der Waals surface area (Å²) in [4.78, 5) is 86.9. The number of nitrogens with one attached hydrogen (secondary N) is 6. The molecule has 0 spiro atoms. The van der Waals surface area contributed by atoms with Gasteiger partial charge in [-0.3, -0.25) is 24.0 Å². The van der Waals surface area contributed by atoms with Crippen LogP contribution >= 0.6 is 0 Å². The lowest BCUT2D eigenvalue weighted by Gasteiger charge is -2.26. The predicted octanol–water partition coefficient (Wildman–Crippen LogP) is 3.45. The summed E-state index contributed by atoms with van der Waals surface area (Å²) in [6.07, 6.45) is 2.75. The second-order valence-electron chi connectivity index (χ2n) is 15.5. The van der Waals surface area contributed by atoms with E-state index in [1.807, 2.05) is 24.3 Å². The van der Waals surface area contributed by atoms with Crippen LogP contribution in [-0.2, 0) is 39.9 Å². The van der Waals surface area contributed by atoms with Gasteiger partial charge in [0.25, 0.3) is 0 Å². The first kappa shape index (κ1) is 49.6. The van der Waals surface area contributed by atoms with Gasteiger partial charge >= 0.3 is 18.0 Å². The molecule has 17 nitrogen and oxygen atoms in total. The Kier molecular flexibility index (Phi) is 21.6. The Bertz CT molecular complexity index is 1680. The van der Waals surface area contributed by atoms with Gasteiger partial charge in [0.1, 0.15) is 23.7 Å². The lowest BCUT2D eigenvalue weighted by atomic mass is 9.99. The molecule has 17 heteroatoms. The minimum Gasteiger partial charge on any atom is -0.481 e. The molecule has 59 heavy (non-hydrogen) atoms. The van der Waals surface area contributed by atoms with Crippen LogP contribution in [-0.4, -0.2) is 101 Å². The number of nitrogens with two attached hydrogens (primary N) is 1. The second kappa shape index (κ2) is 25.7. The van der Waals surface area contributed by atoms with Crippen molar-refractivity contribution in [3.8, 4) is 11.1 Å². The van der Waals surface area contributed by atoms with Crippen molar-refractivity contribution >= 4 is 47.3 Å². The third-order valence-electron chi connectivity index (χ3n) is 8.93. The lowest BCUT2D eigenvalue weighted by Crippen LogP contribution is -2.55. The Hall–Kier alpha value is -5.55. The van der Waals surface area contributed by atoms with Crippen molar-refractivity contribution in [2.45, 2.75) is 129 Å². The molecule has 10 N–H and O–H groups in total. The van der Waals surface area contributed by atoms with E-state index >= 15 is 0 Å². The highest BCUT2D eigenvalue weighted by Crippen LogP contribution is 2.22. The number of aliphatic carboxylic acids is 2. The standard InChI is InChI=1S/C42H63N7O10/c1-6-7-8-10-31(43)26-44-23-21-33(49-41(58)59-42(3,4)5)39(55)48-35(38(54)45-24-22-34(40(56)57)47-36(51)11-9-12-37(52)53)25-28-13-15-29(16-14-28)30-17-19-32(20-18-30)46-27(2)50/h13-20,31,33-35,44H,6-12,21-26,43H2,1-5H3,(H,45,54)(H,46,50)(H,47,51)(H,48,55)(H,49,58)(H,52,53)(H,56,57)/t31-,33-,34+,35+/m0/s1. The van der Waals surface area contributed by atoms with Gasteiger partial charge in [0.05, 0.1) is 0 Å². The smallest absolute Gasteiger partial charge is 0.408 e. The van der Waals surface area contributed by atoms with Gasteiger partial charge < -0.3 is 52.6 Å². The monoisotopic (exact) mass is 825 g/mol. The van der Waals surface area contributed by atoms with Gasteiger partial charge in [-0.25, -0.2) is 9.59 Å². The van der Waals surface area contributed by atoms with E-state index < -0.39 is 59.5 Å². The number of unbranched alkanes of at least 4 members (excludes halogenated alkanes) is 2. The molecule has 2 rings (SSSR count). The Labute approximate surface area is 346 Å². The number of carboxylic acid groups (broad SMARTS) is 2. The highest BCUT2D eigenvalue weighted by atomic mass is 16.6. The van der Waals surface area contributed by atoms with E-state index in [4.69, 9.17) is 15.6 Å². The van der Waals surface area contributed by atoms with Crippen LogP contribution < -0.4 is 37.6 Å². The molecule has 0 fully saturated rings.